The van der Waals surface area contributed by atoms with Gasteiger partial charge in [-0.05, 0) is 13.8 Å². The van der Waals surface area contributed by atoms with Gasteiger partial charge in [0.15, 0.2) is 10.9 Å². The number of hydrogen-bond donors (Lipinski definition) is 2. The number of hydrogen-bond acceptors (Lipinski definition) is 4. The molecule has 0 aromatic carbocycles. The van der Waals surface area contributed by atoms with Crippen LogP contribution in [0.15, 0.2) is 22.8 Å². The summed E-state index contributed by atoms with van der Waals surface area (Å²) in [7, 11) is 1.69. The summed E-state index contributed by atoms with van der Waals surface area (Å²) < 4.78 is 7.13. The third-order valence-electron chi connectivity index (χ3n) is 2.69. The molecule has 1 atom stereocenters. The second-order valence-corrected chi connectivity index (χ2v) is 5.39. The first-order chi connectivity index (χ1) is 9.72. The van der Waals surface area contributed by atoms with E-state index < -0.39 is 0 Å². The highest BCUT2D eigenvalue weighted by molar-refractivity contribution is 7.15. The van der Waals surface area contributed by atoms with Crippen LogP contribution in [0.3, 0.4) is 0 Å². The Hall–Kier alpha value is -1.60. The molecule has 1 unspecified atom stereocenters. The molecular weight excluding hydrogens is 274 g/mol. The number of thiazole rings is 1. The minimum Gasteiger partial charge on any atom is -0.383 e. The predicted molar refractivity (Wildman–Crippen MR) is 82.4 cm³/mol. The van der Waals surface area contributed by atoms with Gasteiger partial charge in [-0.25, -0.2) is 9.98 Å². The molecule has 2 aromatic rings. The quantitative estimate of drug-likeness (QED) is 0.626. The van der Waals surface area contributed by atoms with E-state index in [9.17, 15) is 0 Å². The number of fused-ring (bicyclic) bond motifs is 1. The summed E-state index contributed by atoms with van der Waals surface area (Å²) in [6.45, 7) is 6.13. The molecule has 2 N–H and O–H groups in total. The van der Waals surface area contributed by atoms with E-state index in [1.807, 2.05) is 29.1 Å². The summed E-state index contributed by atoms with van der Waals surface area (Å²) in [5, 5.41) is 8.54. The van der Waals surface area contributed by atoms with E-state index in [1.54, 1.807) is 18.4 Å². The van der Waals surface area contributed by atoms with Crippen LogP contribution in [0.2, 0.25) is 0 Å². The highest BCUT2D eigenvalue weighted by atomic mass is 32.1. The number of nitrogens with one attached hydrogen (secondary N) is 2. The number of guanidine groups is 1. The van der Waals surface area contributed by atoms with Crippen molar-refractivity contribution in [2.75, 3.05) is 20.3 Å². The second kappa shape index (κ2) is 7.25. The Morgan fingerprint density at radius 3 is 3.15 bits per heavy atom. The molecule has 0 spiro atoms. The van der Waals surface area contributed by atoms with Crippen molar-refractivity contribution in [2.45, 2.75) is 26.4 Å². The number of nitrogens with zero attached hydrogens (tertiary/aromatic N) is 3. The van der Waals surface area contributed by atoms with Crippen molar-refractivity contribution in [3.8, 4) is 0 Å². The Labute approximate surface area is 122 Å². The molecular formula is C13H21N5OS. The summed E-state index contributed by atoms with van der Waals surface area (Å²) in [4.78, 5) is 10.1. The summed E-state index contributed by atoms with van der Waals surface area (Å²) in [6, 6.07) is 0.211. The lowest BCUT2D eigenvalue weighted by molar-refractivity contribution is 0.179. The molecule has 0 saturated carbocycles. The van der Waals surface area contributed by atoms with Crippen LogP contribution in [-0.2, 0) is 11.3 Å². The lowest BCUT2D eigenvalue weighted by atomic mass is 10.4. The molecule has 0 amide bonds. The number of rotatable bonds is 6. The van der Waals surface area contributed by atoms with Crippen molar-refractivity contribution < 1.29 is 4.74 Å². The summed E-state index contributed by atoms with van der Waals surface area (Å²) in [6.07, 6.45) is 4.02. The number of aliphatic imine (C=N–C) groups is 1. The maximum absolute atomic E-state index is 5.12. The van der Waals surface area contributed by atoms with Crippen LogP contribution < -0.4 is 10.6 Å². The Kier molecular flexibility index (Phi) is 5.37. The predicted octanol–water partition coefficient (Wildman–Crippen LogP) is 1.49. The van der Waals surface area contributed by atoms with Gasteiger partial charge in [0.25, 0.3) is 0 Å². The van der Waals surface area contributed by atoms with Crippen LogP contribution in [0.5, 0.6) is 0 Å². The zero-order chi connectivity index (χ0) is 14.4. The lowest BCUT2D eigenvalue weighted by Crippen LogP contribution is -2.43. The molecule has 20 heavy (non-hydrogen) atoms. The highest BCUT2D eigenvalue weighted by Gasteiger charge is 2.06. The molecule has 110 valence electrons. The summed E-state index contributed by atoms with van der Waals surface area (Å²) in [5.41, 5.74) is 0.966. The van der Waals surface area contributed by atoms with Crippen LogP contribution in [-0.4, -0.2) is 41.6 Å². The van der Waals surface area contributed by atoms with Crippen molar-refractivity contribution in [1.29, 1.82) is 0 Å². The van der Waals surface area contributed by atoms with Crippen molar-refractivity contribution in [3.63, 3.8) is 0 Å². The van der Waals surface area contributed by atoms with Gasteiger partial charge in [-0.3, -0.25) is 4.40 Å². The molecule has 0 aliphatic rings. The van der Waals surface area contributed by atoms with Crippen molar-refractivity contribution in [2.24, 2.45) is 4.99 Å². The monoisotopic (exact) mass is 295 g/mol. The topological polar surface area (TPSA) is 63.0 Å². The van der Waals surface area contributed by atoms with Gasteiger partial charge >= 0.3 is 0 Å². The normalized spacial score (nSPS) is 13.7. The average molecular weight is 295 g/mol. The van der Waals surface area contributed by atoms with Gasteiger partial charge in [0, 0.05) is 37.5 Å². The van der Waals surface area contributed by atoms with E-state index in [1.165, 1.54) is 0 Å². The number of imidazole rings is 1. The van der Waals surface area contributed by atoms with Crippen LogP contribution in [0, 0.1) is 0 Å². The fourth-order valence-electron chi connectivity index (χ4n) is 1.86. The molecule has 0 bridgehead atoms. The molecule has 0 saturated heterocycles. The largest absolute Gasteiger partial charge is 0.383 e. The average Bonchev–Trinajstić information content (AvgIpc) is 2.97. The van der Waals surface area contributed by atoms with Gasteiger partial charge in [-0.1, -0.05) is 0 Å². The van der Waals surface area contributed by atoms with Crippen LogP contribution in [0.4, 0.5) is 0 Å². The zero-order valence-electron chi connectivity index (χ0n) is 12.1. The Bertz CT molecular complexity index is 533. The van der Waals surface area contributed by atoms with Crippen molar-refractivity contribution in [3.05, 3.63) is 23.5 Å². The molecule has 2 aromatic heterocycles. The zero-order valence-corrected chi connectivity index (χ0v) is 12.9. The molecule has 2 rings (SSSR count). The first-order valence-electron chi connectivity index (χ1n) is 6.67. The molecule has 2 heterocycles. The van der Waals surface area contributed by atoms with E-state index in [0.29, 0.717) is 13.2 Å². The van der Waals surface area contributed by atoms with Crippen LogP contribution >= 0.6 is 11.3 Å². The first-order valence-corrected chi connectivity index (χ1v) is 7.55. The lowest BCUT2D eigenvalue weighted by Gasteiger charge is -2.16. The van der Waals surface area contributed by atoms with E-state index >= 15 is 0 Å². The van der Waals surface area contributed by atoms with E-state index in [0.717, 1.165) is 23.2 Å². The van der Waals surface area contributed by atoms with Gasteiger partial charge in [-0.2, -0.15) is 0 Å². The van der Waals surface area contributed by atoms with Crippen LogP contribution in [0.1, 0.15) is 19.5 Å². The molecule has 0 radical (unpaired) electrons. The summed E-state index contributed by atoms with van der Waals surface area (Å²) in [5.74, 6) is 0.786. The fourth-order valence-corrected chi connectivity index (χ4v) is 2.58. The number of aromatic nitrogens is 2. The maximum atomic E-state index is 5.12. The van der Waals surface area contributed by atoms with Gasteiger partial charge < -0.3 is 15.4 Å². The van der Waals surface area contributed by atoms with Gasteiger partial charge in [0.1, 0.15) is 0 Å². The fraction of sp³-hybridized carbons (Fsp3) is 0.538. The Morgan fingerprint density at radius 2 is 2.45 bits per heavy atom. The third-order valence-corrected chi connectivity index (χ3v) is 3.46. The maximum Gasteiger partial charge on any atom is 0.193 e. The van der Waals surface area contributed by atoms with Gasteiger partial charge in [0.2, 0.25) is 0 Å². The highest BCUT2D eigenvalue weighted by Crippen LogP contribution is 2.11. The Morgan fingerprint density at radius 1 is 1.60 bits per heavy atom. The summed E-state index contributed by atoms with van der Waals surface area (Å²) >= 11 is 1.63. The third kappa shape index (κ3) is 3.94. The molecule has 6 nitrogen and oxygen atoms in total. The van der Waals surface area contributed by atoms with Crippen molar-refractivity contribution in [1.82, 2.24) is 20.0 Å². The van der Waals surface area contributed by atoms with Crippen molar-refractivity contribution >= 4 is 22.3 Å². The van der Waals surface area contributed by atoms with Gasteiger partial charge in [-0.15, -0.1) is 11.3 Å². The van der Waals surface area contributed by atoms with E-state index in [2.05, 4.69) is 27.5 Å². The number of methoxy groups -OCH3 is 1. The van der Waals surface area contributed by atoms with E-state index in [-0.39, 0.29) is 6.04 Å². The first kappa shape index (κ1) is 14.8. The molecule has 7 heteroatoms. The van der Waals surface area contributed by atoms with E-state index in [4.69, 9.17) is 4.74 Å². The second-order valence-electron chi connectivity index (χ2n) is 4.52. The minimum atomic E-state index is 0.211. The van der Waals surface area contributed by atoms with Gasteiger partial charge in [0.05, 0.1) is 18.8 Å². The SMILES string of the molecule is CCNC(=NCc1cn2ccsc2n1)NC(C)COC. The van der Waals surface area contributed by atoms with Crippen LogP contribution in [0.25, 0.3) is 4.96 Å². The number of ether oxygens (including phenoxy) is 1. The Balaban J connectivity index is 1.98. The molecule has 0 aliphatic heterocycles. The molecule has 0 fully saturated rings. The smallest absolute Gasteiger partial charge is 0.193 e. The minimum absolute atomic E-state index is 0.211. The molecule has 0 aliphatic carbocycles. The standard InChI is InChI=1S/C13H21N5OS/c1-4-14-12(16-10(2)9-19-3)15-7-11-8-18-5-6-20-13(18)17-11/h5-6,8,10H,4,7,9H2,1-3H3,(H2,14,15,16).